The fourth-order valence-corrected chi connectivity index (χ4v) is 3.99. The van der Waals surface area contributed by atoms with Crippen LogP contribution in [0.4, 0.5) is 11.4 Å². The number of aryl methyl sites for hydroxylation is 1. The second-order valence-corrected chi connectivity index (χ2v) is 8.38. The van der Waals surface area contributed by atoms with E-state index in [1.165, 1.54) is 24.1 Å². The van der Waals surface area contributed by atoms with Crippen LogP contribution in [0.1, 0.15) is 43.9 Å². The fourth-order valence-electron chi connectivity index (χ4n) is 3.52. The zero-order valence-corrected chi connectivity index (χ0v) is 17.8. The summed E-state index contributed by atoms with van der Waals surface area (Å²) in [5, 5.41) is 7.88. The van der Waals surface area contributed by atoms with Crippen LogP contribution in [0.2, 0.25) is 5.02 Å². The third kappa shape index (κ3) is 5.36. The Morgan fingerprint density at radius 3 is 2.63 bits per heavy atom. The number of nitrogens with zero attached hydrogens (tertiary/aromatic N) is 1. The average Bonchev–Trinajstić information content (AvgIpc) is 2.65. The van der Waals surface area contributed by atoms with Gasteiger partial charge in [-0.25, -0.2) is 0 Å². The van der Waals surface area contributed by atoms with Gasteiger partial charge in [-0.05, 0) is 80.2 Å². The van der Waals surface area contributed by atoms with Crippen molar-refractivity contribution in [2.24, 2.45) is 5.92 Å². The molecular weight excluding hydrogens is 374 g/mol. The topological polar surface area (TPSA) is 27.3 Å². The van der Waals surface area contributed by atoms with Crippen molar-refractivity contribution in [3.63, 3.8) is 0 Å². The molecule has 0 bridgehead atoms. The maximum absolute atomic E-state index is 6.18. The van der Waals surface area contributed by atoms with Gasteiger partial charge >= 0.3 is 0 Å². The predicted octanol–water partition coefficient (Wildman–Crippen LogP) is 5.93. The Labute approximate surface area is 173 Å². The molecule has 0 unspecified atom stereocenters. The summed E-state index contributed by atoms with van der Waals surface area (Å²) < 4.78 is 0. The van der Waals surface area contributed by atoms with E-state index >= 15 is 0 Å². The Balaban J connectivity index is 1.57. The molecule has 1 saturated heterocycles. The number of thiocarbonyl (C=S) groups is 1. The number of halogens is 1. The standard InChI is InChI=1S/C22H28ClN3S/c1-15-5-4-12-26(14-15)20-10-7-18(8-11-20)17(3)24-22(27)25-19-9-6-16(2)21(23)13-19/h6-11,13,15,17H,4-5,12,14H2,1-3H3,(H2,24,25,27)/t15-,17+/m1/s1. The van der Waals surface area contributed by atoms with Gasteiger partial charge in [-0.3, -0.25) is 0 Å². The van der Waals surface area contributed by atoms with Gasteiger partial charge in [-0.1, -0.05) is 36.7 Å². The lowest BCUT2D eigenvalue weighted by molar-refractivity contribution is 0.447. The monoisotopic (exact) mass is 401 g/mol. The summed E-state index contributed by atoms with van der Waals surface area (Å²) in [5.41, 5.74) is 4.48. The van der Waals surface area contributed by atoms with Gasteiger partial charge in [-0.15, -0.1) is 0 Å². The molecular formula is C22H28ClN3S. The van der Waals surface area contributed by atoms with Crippen molar-refractivity contribution in [1.82, 2.24) is 5.32 Å². The summed E-state index contributed by atoms with van der Waals surface area (Å²) in [4.78, 5) is 2.49. The number of anilines is 2. The van der Waals surface area contributed by atoms with Crippen molar-refractivity contribution >= 4 is 40.3 Å². The largest absolute Gasteiger partial charge is 0.371 e. The van der Waals surface area contributed by atoms with E-state index in [0.717, 1.165) is 35.3 Å². The van der Waals surface area contributed by atoms with Crippen molar-refractivity contribution in [3.8, 4) is 0 Å². The highest BCUT2D eigenvalue weighted by atomic mass is 35.5. The first-order chi connectivity index (χ1) is 12.9. The summed E-state index contributed by atoms with van der Waals surface area (Å²) >= 11 is 11.6. The van der Waals surface area contributed by atoms with Gasteiger partial charge in [0.15, 0.2) is 5.11 Å². The molecule has 2 aromatic carbocycles. The second kappa shape index (κ2) is 8.94. The summed E-state index contributed by atoms with van der Waals surface area (Å²) in [6, 6.07) is 14.8. The van der Waals surface area contributed by atoms with Crippen LogP contribution in [0.5, 0.6) is 0 Å². The van der Waals surface area contributed by atoms with Crippen LogP contribution in [0, 0.1) is 12.8 Å². The second-order valence-electron chi connectivity index (χ2n) is 7.57. The molecule has 27 heavy (non-hydrogen) atoms. The molecule has 0 aromatic heterocycles. The van der Waals surface area contributed by atoms with Gasteiger partial charge in [0.2, 0.25) is 0 Å². The molecule has 3 rings (SSSR count). The number of piperidine rings is 1. The molecule has 5 heteroatoms. The Kier molecular flexibility index (Phi) is 6.61. The molecule has 1 heterocycles. The summed E-state index contributed by atoms with van der Waals surface area (Å²) in [6.07, 6.45) is 2.62. The van der Waals surface area contributed by atoms with E-state index in [0.29, 0.717) is 5.11 Å². The first-order valence-corrected chi connectivity index (χ1v) is 10.4. The smallest absolute Gasteiger partial charge is 0.171 e. The van der Waals surface area contributed by atoms with Crippen LogP contribution < -0.4 is 15.5 Å². The van der Waals surface area contributed by atoms with Crippen LogP contribution in [-0.4, -0.2) is 18.2 Å². The van der Waals surface area contributed by atoms with E-state index in [1.807, 2.05) is 25.1 Å². The molecule has 1 fully saturated rings. The van der Waals surface area contributed by atoms with Crippen molar-refractivity contribution in [3.05, 3.63) is 58.6 Å². The first-order valence-electron chi connectivity index (χ1n) is 9.61. The maximum Gasteiger partial charge on any atom is 0.171 e. The zero-order valence-electron chi connectivity index (χ0n) is 16.3. The highest BCUT2D eigenvalue weighted by Gasteiger charge is 2.17. The molecule has 0 saturated carbocycles. The highest BCUT2D eigenvalue weighted by molar-refractivity contribution is 7.80. The van der Waals surface area contributed by atoms with Gasteiger partial charge in [0.25, 0.3) is 0 Å². The number of rotatable bonds is 4. The number of hydrogen-bond donors (Lipinski definition) is 2. The maximum atomic E-state index is 6.18. The summed E-state index contributed by atoms with van der Waals surface area (Å²) in [5.74, 6) is 0.776. The lowest BCUT2D eigenvalue weighted by atomic mass is 9.99. The molecule has 0 spiro atoms. The minimum Gasteiger partial charge on any atom is -0.371 e. The molecule has 0 aliphatic carbocycles. The van der Waals surface area contributed by atoms with Gasteiger partial charge in [-0.2, -0.15) is 0 Å². The Morgan fingerprint density at radius 1 is 1.22 bits per heavy atom. The molecule has 2 N–H and O–H groups in total. The van der Waals surface area contributed by atoms with Crippen LogP contribution in [0.3, 0.4) is 0 Å². The van der Waals surface area contributed by atoms with Crippen LogP contribution in [0.15, 0.2) is 42.5 Å². The number of benzene rings is 2. The van der Waals surface area contributed by atoms with E-state index in [1.54, 1.807) is 0 Å². The molecule has 3 nitrogen and oxygen atoms in total. The SMILES string of the molecule is Cc1ccc(NC(=S)N[C@@H](C)c2ccc(N3CCC[C@@H](C)C3)cc2)cc1Cl. The highest BCUT2D eigenvalue weighted by Crippen LogP contribution is 2.25. The van der Waals surface area contributed by atoms with Crippen molar-refractivity contribution in [1.29, 1.82) is 0 Å². The average molecular weight is 402 g/mol. The molecule has 0 radical (unpaired) electrons. The minimum atomic E-state index is 0.125. The van der Waals surface area contributed by atoms with E-state index in [2.05, 4.69) is 53.6 Å². The van der Waals surface area contributed by atoms with Crippen molar-refractivity contribution < 1.29 is 0 Å². The Morgan fingerprint density at radius 2 is 1.96 bits per heavy atom. The Hall–Kier alpha value is -1.78. The normalized spacial score (nSPS) is 18.1. The van der Waals surface area contributed by atoms with Crippen LogP contribution in [0.25, 0.3) is 0 Å². The third-order valence-corrected chi connectivity index (χ3v) is 5.82. The molecule has 2 aromatic rings. The summed E-state index contributed by atoms with van der Waals surface area (Å²) in [6.45, 7) is 8.75. The van der Waals surface area contributed by atoms with Crippen LogP contribution >= 0.6 is 23.8 Å². The third-order valence-electron chi connectivity index (χ3n) is 5.19. The first kappa shape index (κ1) is 20.0. The quantitative estimate of drug-likeness (QED) is 0.620. The lowest BCUT2D eigenvalue weighted by Crippen LogP contribution is -2.34. The number of hydrogen-bond acceptors (Lipinski definition) is 2. The zero-order chi connectivity index (χ0) is 19.4. The molecule has 1 aliphatic heterocycles. The predicted molar refractivity (Wildman–Crippen MR) is 121 cm³/mol. The van der Waals surface area contributed by atoms with Crippen molar-refractivity contribution in [2.45, 2.75) is 39.7 Å². The van der Waals surface area contributed by atoms with Gasteiger partial charge in [0.05, 0.1) is 6.04 Å². The van der Waals surface area contributed by atoms with E-state index in [9.17, 15) is 0 Å². The Bertz CT molecular complexity index is 791. The van der Waals surface area contributed by atoms with E-state index in [4.69, 9.17) is 23.8 Å². The van der Waals surface area contributed by atoms with E-state index in [-0.39, 0.29) is 6.04 Å². The minimum absolute atomic E-state index is 0.125. The number of nitrogens with one attached hydrogen (secondary N) is 2. The van der Waals surface area contributed by atoms with Crippen LogP contribution in [-0.2, 0) is 0 Å². The molecule has 144 valence electrons. The van der Waals surface area contributed by atoms with Gasteiger partial charge < -0.3 is 15.5 Å². The lowest BCUT2D eigenvalue weighted by Gasteiger charge is -2.33. The molecule has 2 atom stereocenters. The fraction of sp³-hybridized carbons (Fsp3) is 0.409. The molecule has 1 aliphatic rings. The molecule has 0 amide bonds. The van der Waals surface area contributed by atoms with E-state index < -0.39 is 0 Å². The van der Waals surface area contributed by atoms with Gasteiger partial charge in [0, 0.05) is 29.5 Å². The van der Waals surface area contributed by atoms with Gasteiger partial charge in [0.1, 0.15) is 0 Å². The van der Waals surface area contributed by atoms with Crippen molar-refractivity contribution in [2.75, 3.05) is 23.3 Å². The summed E-state index contributed by atoms with van der Waals surface area (Å²) in [7, 11) is 0.